The highest BCUT2D eigenvalue weighted by Crippen LogP contribution is 2.32. The summed E-state index contributed by atoms with van der Waals surface area (Å²) in [6.07, 6.45) is 8.03. The van der Waals surface area contributed by atoms with Crippen molar-refractivity contribution in [2.24, 2.45) is 5.41 Å². The lowest BCUT2D eigenvalue weighted by molar-refractivity contribution is 0.303. The van der Waals surface area contributed by atoms with Gasteiger partial charge in [0, 0.05) is 41.6 Å². The van der Waals surface area contributed by atoms with E-state index in [4.69, 9.17) is 4.74 Å². The number of benzene rings is 2. The van der Waals surface area contributed by atoms with Gasteiger partial charge in [-0.15, -0.1) is 0 Å². The molecule has 4 aromatic rings. The molecule has 0 fully saturated rings. The number of pyridine rings is 1. The van der Waals surface area contributed by atoms with Crippen LogP contribution in [0.1, 0.15) is 45.2 Å². The molecule has 160 valence electrons. The van der Waals surface area contributed by atoms with Crippen LogP contribution in [0, 0.1) is 5.41 Å². The minimum atomic E-state index is 0.241. The highest BCUT2D eigenvalue weighted by Gasteiger charge is 2.16. The fraction of sp³-hybridized carbons (Fsp3) is 0.321. The first-order valence-electron chi connectivity index (χ1n) is 11.2. The van der Waals surface area contributed by atoms with Gasteiger partial charge in [0.1, 0.15) is 12.4 Å². The summed E-state index contributed by atoms with van der Waals surface area (Å²) in [6, 6.07) is 19.2. The Morgan fingerprint density at radius 1 is 0.968 bits per heavy atom. The lowest BCUT2D eigenvalue weighted by Gasteiger charge is -2.20. The largest absolute Gasteiger partial charge is 0.489 e. The number of hydrogen-bond acceptors (Lipinski definition) is 2. The maximum Gasteiger partial charge on any atom is 0.123 e. The second-order valence-electron chi connectivity index (χ2n) is 9.46. The molecule has 0 bridgehead atoms. The quantitative estimate of drug-likeness (QED) is 0.319. The molecule has 2 heterocycles. The van der Waals surface area contributed by atoms with Crippen LogP contribution in [-0.2, 0) is 19.6 Å². The number of rotatable bonds is 7. The van der Waals surface area contributed by atoms with E-state index in [9.17, 15) is 0 Å². The highest BCUT2D eigenvalue weighted by molar-refractivity contribution is 5.86. The molecule has 0 unspecified atom stereocenters. The molecule has 0 amide bonds. The second-order valence-corrected chi connectivity index (χ2v) is 9.46. The van der Waals surface area contributed by atoms with Crippen LogP contribution >= 0.6 is 0 Å². The molecule has 0 aliphatic heterocycles. The maximum atomic E-state index is 6.36. The Bertz CT molecular complexity index is 1150. The van der Waals surface area contributed by atoms with Gasteiger partial charge in [0.25, 0.3) is 0 Å². The maximum absolute atomic E-state index is 6.36. The van der Waals surface area contributed by atoms with Crippen LogP contribution in [0.5, 0.6) is 5.75 Å². The number of aromatic nitrogens is 2. The van der Waals surface area contributed by atoms with Gasteiger partial charge in [0.05, 0.1) is 0 Å². The molecule has 0 atom stereocenters. The average Bonchev–Trinajstić information content (AvgIpc) is 3.15. The fourth-order valence-corrected chi connectivity index (χ4v) is 4.14. The van der Waals surface area contributed by atoms with Crippen LogP contribution < -0.4 is 4.74 Å². The summed E-state index contributed by atoms with van der Waals surface area (Å²) < 4.78 is 8.73. The van der Waals surface area contributed by atoms with Crippen LogP contribution in [0.25, 0.3) is 22.0 Å². The van der Waals surface area contributed by atoms with Gasteiger partial charge >= 0.3 is 0 Å². The van der Waals surface area contributed by atoms with Crippen molar-refractivity contribution < 1.29 is 4.74 Å². The van der Waals surface area contributed by atoms with Crippen molar-refractivity contribution in [1.82, 2.24) is 9.55 Å². The fourth-order valence-electron chi connectivity index (χ4n) is 4.14. The number of fused-ring (bicyclic) bond motifs is 1. The molecule has 2 aromatic carbocycles. The standard InChI is InChI=1S/C28H32N2O/c1-5-8-25-24-14-16-30(20-28(2,3)4)26(24)12-13-27(25)31-19-21-9-6-10-22(17-21)23-11-7-15-29-18-23/h6-7,9-18H,5,8,19-20H2,1-4H3. The minimum absolute atomic E-state index is 0.241. The molecule has 3 heteroatoms. The van der Waals surface area contributed by atoms with Gasteiger partial charge in [0.2, 0.25) is 0 Å². The normalized spacial score (nSPS) is 11.7. The van der Waals surface area contributed by atoms with E-state index in [0.29, 0.717) is 6.61 Å². The second kappa shape index (κ2) is 8.97. The van der Waals surface area contributed by atoms with E-state index in [2.05, 4.69) is 92.0 Å². The molecule has 0 aliphatic carbocycles. The van der Waals surface area contributed by atoms with Crippen molar-refractivity contribution in [3.63, 3.8) is 0 Å². The number of nitrogens with zero attached hydrogens (tertiary/aromatic N) is 2. The lowest BCUT2D eigenvalue weighted by atomic mass is 9.97. The summed E-state index contributed by atoms with van der Waals surface area (Å²) >= 11 is 0. The van der Waals surface area contributed by atoms with E-state index < -0.39 is 0 Å². The van der Waals surface area contributed by atoms with Crippen molar-refractivity contribution >= 4 is 10.9 Å². The molecule has 3 nitrogen and oxygen atoms in total. The zero-order valence-corrected chi connectivity index (χ0v) is 19.1. The predicted octanol–water partition coefficient (Wildman–Crippen LogP) is 7.28. The molecule has 0 radical (unpaired) electrons. The third-order valence-corrected chi connectivity index (χ3v) is 5.48. The van der Waals surface area contributed by atoms with Crippen LogP contribution in [0.2, 0.25) is 0 Å². The Morgan fingerprint density at radius 2 is 1.81 bits per heavy atom. The molecule has 4 rings (SSSR count). The van der Waals surface area contributed by atoms with Gasteiger partial charge in [-0.3, -0.25) is 4.98 Å². The average molecular weight is 413 g/mol. The summed E-state index contributed by atoms with van der Waals surface area (Å²) in [5.41, 5.74) is 6.30. The van der Waals surface area contributed by atoms with E-state index in [0.717, 1.165) is 41.8 Å². The molecule has 0 saturated heterocycles. The molecule has 0 spiro atoms. The third kappa shape index (κ3) is 4.99. The minimum Gasteiger partial charge on any atom is -0.489 e. The molecular formula is C28H32N2O. The van der Waals surface area contributed by atoms with Crippen molar-refractivity contribution in [3.05, 3.63) is 84.3 Å². The zero-order valence-electron chi connectivity index (χ0n) is 19.1. The van der Waals surface area contributed by atoms with Crippen LogP contribution in [-0.4, -0.2) is 9.55 Å². The van der Waals surface area contributed by atoms with Gasteiger partial charge in [0.15, 0.2) is 0 Å². The van der Waals surface area contributed by atoms with Crippen molar-refractivity contribution in [2.45, 2.75) is 53.7 Å². The molecule has 0 saturated carbocycles. The monoisotopic (exact) mass is 412 g/mol. The SMILES string of the molecule is CCCc1c(OCc2cccc(-c3cccnc3)c2)ccc2c1ccn2CC(C)(C)C. The Labute approximate surface area is 185 Å². The third-order valence-electron chi connectivity index (χ3n) is 5.48. The summed E-state index contributed by atoms with van der Waals surface area (Å²) in [4.78, 5) is 4.24. The number of aryl methyl sites for hydroxylation is 1. The van der Waals surface area contributed by atoms with E-state index in [1.54, 1.807) is 6.20 Å². The van der Waals surface area contributed by atoms with Gasteiger partial charge in [-0.1, -0.05) is 58.4 Å². The number of ether oxygens (including phenoxy) is 1. The molecular weight excluding hydrogens is 380 g/mol. The van der Waals surface area contributed by atoms with Crippen LogP contribution in [0.3, 0.4) is 0 Å². The van der Waals surface area contributed by atoms with Gasteiger partial charge in [-0.25, -0.2) is 0 Å². The van der Waals surface area contributed by atoms with Crippen molar-refractivity contribution in [1.29, 1.82) is 0 Å². The van der Waals surface area contributed by atoms with Gasteiger partial charge in [-0.05, 0) is 58.9 Å². The number of hydrogen-bond donors (Lipinski definition) is 0. The smallest absolute Gasteiger partial charge is 0.123 e. The lowest BCUT2D eigenvalue weighted by Crippen LogP contribution is -2.14. The summed E-state index contributed by atoms with van der Waals surface area (Å²) in [5.74, 6) is 0.995. The van der Waals surface area contributed by atoms with E-state index in [-0.39, 0.29) is 5.41 Å². The summed E-state index contributed by atoms with van der Waals surface area (Å²) in [7, 11) is 0. The zero-order chi connectivity index (χ0) is 21.8. The first kappa shape index (κ1) is 21.2. The topological polar surface area (TPSA) is 27.1 Å². The Morgan fingerprint density at radius 3 is 2.55 bits per heavy atom. The predicted molar refractivity (Wildman–Crippen MR) is 129 cm³/mol. The Balaban J connectivity index is 1.59. The summed E-state index contributed by atoms with van der Waals surface area (Å²) in [6.45, 7) is 10.6. The first-order valence-corrected chi connectivity index (χ1v) is 11.2. The highest BCUT2D eigenvalue weighted by atomic mass is 16.5. The first-order chi connectivity index (χ1) is 14.9. The summed E-state index contributed by atoms with van der Waals surface area (Å²) in [5, 5.41) is 1.31. The van der Waals surface area contributed by atoms with Gasteiger partial charge in [-0.2, -0.15) is 0 Å². The molecule has 2 aromatic heterocycles. The molecule has 31 heavy (non-hydrogen) atoms. The van der Waals surface area contributed by atoms with Crippen molar-refractivity contribution in [3.8, 4) is 16.9 Å². The molecule has 0 N–H and O–H groups in total. The van der Waals surface area contributed by atoms with E-state index in [1.807, 2.05) is 12.3 Å². The van der Waals surface area contributed by atoms with E-state index in [1.165, 1.54) is 16.5 Å². The van der Waals surface area contributed by atoms with Crippen LogP contribution in [0.4, 0.5) is 0 Å². The molecule has 0 aliphatic rings. The van der Waals surface area contributed by atoms with E-state index >= 15 is 0 Å². The Hall–Kier alpha value is -3.07. The van der Waals surface area contributed by atoms with Crippen LogP contribution in [0.15, 0.2) is 73.2 Å². The van der Waals surface area contributed by atoms with Crippen molar-refractivity contribution in [2.75, 3.05) is 0 Å². The van der Waals surface area contributed by atoms with Gasteiger partial charge < -0.3 is 9.30 Å². The Kier molecular flexibility index (Phi) is 6.13.